The topological polar surface area (TPSA) is 96.0 Å². The summed E-state index contributed by atoms with van der Waals surface area (Å²) in [4.78, 5) is 28.7. The van der Waals surface area contributed by atoms with Crippen molar-refractivity contribution in [3.05, 3.63) is 88.4 Å². The van der Waals surface area contributed by atoms with Crippen molar-refractivity contribution in [3.63, 3.8) is 0 Å². The minimum absolute atomic E-state index is 0.0449. The van der Waals surface area contributed by atoms with Gasteiger partial charge in [-0.1, -0.05) is 71.7 Å². The van der Waals surface area contributed by atoms with E-state index in [-0.39, 0.29) is 29.0 Å². The fourth-order valence-electron chi connectivity index (χ4n) is 4.16. The molecule has 8 nitrogen and oxygen atoms in total. The fraction of sp³-hybridized carbons (Fsp3) is 0.355. The van der Waals surface area contributed by atoms with Gasteiger partial charge in [0.15, 0.2) is 0 Å². The largest absolute Gasteiger partial charge is 0.492 e. The van der Waals surface area contributed by atoms with Crippen LogP contribution >= 0.6 is 15.9 Å². The summed E-state index contributed by atoms with van der Waals surface area (Å²) in [6, 6.07) is 19.8. The third-order valence-corrected chi connectivity index (χ3v) is 8.68. The number of nitrogens with zero attached hydrogens (tertiary/aromatic N) is 2. The Labute approximate surface area is 251 Å². The van der Waals surface area contributed by atoms with Gasteiger partial charge < -0.3 is 15.0 Å². The molecule has 0 fully saturated rings. The lowest BCUT2D eigenvalue weighted by molar-refractivity contribution is -0.139. The molecular formula is C31H38BrN3O5S. The average molecular weight is 645 g/mol. The van der Waals surface area contributed by atoms with Gasteiger partial charge in [0.05, 0.1) is 17.2 Å². The highest BCUT2D eigenvalue weighted by Gasteiger charge is 2.33. The third-order valence-electron chi connectivity index (χ3n) is 6.42. The number of sulfonamides is 1. The van der Waals surface area contributed by atoms with Gasteiger partial charge in [-0.25, -0.2) is 8.42 Å². The maximum absolute atomic E-state index is 14.1. The van der Waals surface area contributed by atoms with E-state index in [0.717, 1.165) is 19.9 Å². The summed E-state index contributed by atoms with van der Waals surface area (Å²) < 4.78 is 35.8. The molecule has 0 radical (unpaired) electrons. The van der Waals surface area contributed by atoms with Crippen LogP contribution in [0.3, 0.4) is 0 Å². The second-order valence-electron chi connectivity index (χ2n) is 10.2. The van der Waals surface area contributed by atoms with Crippen molar-refractivity contribution in [2.75, 3.05) is 24.0 Å². The van der Waals surface area contributed by atoms with Gasteiger partial charge in [-0.2, -0.15) is 0 Å². The van der Waals surface area contributed by atoms with Gasteiger partial charge in [0.25, 0.3) is 10.0 Å². The number of hydrogen-bond donors (Lipinski definition) is 1. The highest BCUT2D eigenvalue weighted by molar-refractivity contribution is 9.10. The number of rotatable bonds is 13. The van der Waals surface area contributed by atoms with E-state index in [1.807, 2.05) is 45.0 Å². The Balaban J connectivity index is 2.07. The molecule has 220 valence electrons. The molecule has 0 aromatic heterocycles. The van der Waals surface area contributed by atoms with Crippen molar-refractivity contribution < 1.29 is 22.7 Å². The van der Waals surface area contributed by atoms with Crippen LogP contribution in [0.1, 0.15) is 38.8 Å². The van der Waals surface area contributed by atoms with E-state index in [1.165, 1.54) is 17.0 Å². The van der Waals surface area contributed by atoms with Crippen LogP contribution in [-0.2, 0) is 26.2 Å². The van der Waals surface area contributed by atoms with Crippen LogP contribution in [0, 0.1) is 12.8 Å². The summed E-state index contributed by atoms with van der Waals surface area (Å²) in [5.74, 6) is -0.283. The van der Waals surface area contributed by atoms with Gasteiger partial charge in [-0.3, -0.25) is 13.9 Å². The van der Waals surface area contributed by atoms with Crippen molar-refractivity contribution >= 4 is 43.5 Å². The Morgan fingerprint density at radius 1 is 0.976 bits per heavy atom. The zero-order valence-electron chi connectivity index (χ0n) is 24.1. The van der Waals surface area contributed by atoms with Crippen molar-refractivity contribution in [1.29, 1.82) is 0 Å². The number of benzene rings is 3. The lowest BCUT2D eigenvalue weighted by Gasteiger charge is -2.32. The number of anilines is 1. The van der Waals surface area contributed by atoms with Crippen molar-refractivity contribution in [2.45, 2.75) is 52.1 Å². The number of nitrogens with one attached hydrogen (secondary N) is 1. The predicted molar refractivity (Wildman–Crippen MR) is 165 cm³/mol. The molecule has 0 saturated carbocycles. The quantitative estimate of drug-likeness (QED) is 0.264. The molecule has 0 spiro atoms. The molecule has 2 amide bonds. The summed E-state index contributed by atoms with van der Waals surface area (Å²) in [7, 11) is -4.19. The third kappa shape index (κ3) is 8.56. The molecule has 0 saturated heterocycles. The zero-order chi connectivity index (χ0) is 30.2. The van der Waals surface area contributed by atoms with Crippen LogP contribution in [-0.4, -0.2) is 50.9 Å². The van der Waals surface area contributed by atoms with E-state index < -0.39 is 28.5 Å². The lowest BCUT2D eigenvalue weighted by Crippen LogP contribution is -2.51. The molecule has 0 aliphatic heterocycles. The molecule has 1 unspecified atom stereocenters. The highest BCUT2D eigenvalue weighted by atomic mass is 79.9. The van der Waals surface area contributed by atoms with Gasteiger partial charge in [0, 0.05) is 17.6 Å². The van der Waals surface area contributed by atoms with Crippen LogP contribution in [0.25, 0.3) is 0 Å². The Morgan fingerprint density at radius 2 is 1.66 bits per heavy atom. The number of aryl methyl sites for hydroxylation is 1. The second kappa shape index (κ2) is 14.5. The SMILES string of the molecule is CCOc1ccccc1N(CC(=O)N(Cc1cccc(Br)c1)C(C)C(=O)NCC(C)C)S(=O)(=O)c1ccc(C)cc1. The molecule has 3 aromatic rings. The van der Waals surface area contributed by atoms with E-state index in [0.29, 0.717) is 18.9 Å². The summed E-state index contributed by atoms with van der Waals surface area (Å²) in [6.07, 6.45) is 0. The molecule has 3 rings (SSSR count). The summed E-state index contributed by atoms with van der Waals surface area (Å²) in [5.41, 5.74) is 1.93. The molecule has 1 N–H and O–H groups in total. The molecule has 10 heteroatoms. The minimum Gasteiger partial charge on any atom is -0.492 e. The first-order chi connectivity index (χ1) is 19.4. The van der Waals surface area contributed by atoms with Crippen molar-refractivity contribution in [2.24, 2.45) is 5.92 Å². The van der Waals surface area contributed by atoms with Gasteiger partial charge in [0.1, 0.15) is 18.3 Å². The number of halogens is 1. The van der Waals surface area contributed by atoms with E-state index >= 15 is 0 Å². The van der Waals surface area contributed by atoms with Crippen LogP contribution in [0.5, 0.6) is 5.75 Å². The van der Waals surface area contributed by atoms with Crippen molar-refractivity contribution in [1.82, 2.24) is 10.2 Å². The Kier molecular flexibility index (Phi) is 11.4. The van der Waals surface area contributed by atoms with Crippen LogP contribution in [0.2, 0.25) is 0 Å². The molecule has 1 atom stereocenters. The van der Waals surface area contributed by atoms with E-state index in [1.54, 1.807) is 50.2 Å². The first kappa shape index (κ1) is 32.1. The van der Waals surface area contributed by atoms with E-state index in [9.17, 15) is 18.0 Å². The summed E-state index contributed by atoms with van der Waals surface area (Å²) >= 11 is 3.46. The predicted octanol–water partition coefficient (Wildman–Crippen LogP) is 5.54. The Bertz CT molecular complexity index is 1440. The van der Waals surface area contributed by atoms with Crippen LogP contribution in [0.4, 0.5) is 5.69 Å². The molecule has 0 heterocycles. The maximum atomic E-state index is 14.1. The maximum Gasteiger partial charge on any atom is 0.264 e. The monoisotopic (exact) mass is 643 g/mol. The van der Waals surface area contributed by atoms with Crippen molar-refractivity contribution in [3.8, 4) is 5.75 Å². The number of carbonyl (C=O) groups excluding carboxylic acids is 2. The molecule has 3 aromatic carbocycles. The fourth-order valence-corrected chi connectivity index (χ4v) is 6.03. The molecule has 41 heavy (non-hydrogen) atoms. The first-order valence-corrected chi connectivity index (χ1v) is 15.8. The highest BCUT2D eigenvalue weighted by Crippen LogP contribution is 2.33. The number of ether oxygens (including phenoxy) is 1. The van der Waals surface area contributed by atoms with Crippen LogP contribution in [0.15, 0.2) is 82.2 Å². The molecule has 0 aliphatic carbocycles. The van der Waals surface area contributed by atoms with Crippen LogP contribution < -0.4 is 14.4 Å². The van der Waals surface area contributed by atoms with Gasteiger partial charge in [-0.05, 0) is 68.7 Å². The smallest absolute Gasteiger partial charge is 0.264 e. The molecule has 0 aliphatic rings. The number of para-hydroxylation sites is 2. The normalized spacial score (nSPS) is 12.1. The van der Waals surface area contributed by atoms with Gasteiger partial charge in [-0.15, -0.1) is 0 Å². The summed E-state index contributed by atoms with van der Waals surface area (Å²) in [6.45, 7) is 9.64. The minimum atomic E-state index is -4.19. The zero-order valence-corrected chi connectivity index (χ0v) is 26.5. The summed E-state index contributed by atoms with van der Waals surface area (Å²) in [5, 5.41) is 2.89. The van der Waals surface area contributed by atoms with E-state index in [2.05, 4.69) is 21.2 Å². The van der Waals surface area contributed by atoms with Gasteiger partial charge in [0.2, 0.25) is 11.8 Å². The Morgan fingerprint density at radius 3 is 2.29 bits per heavy atom. The number of amides is 2. The van der Waals surface area contributed by atoms with Gasteiger partial charge >= 0.3 is 0 Å². The number of carbonyl (C=O) groups is 2. The second-order valence-corrected chi connectivity index (χ2v) is 13.0. The number of hydrogen-bond acceptors (Lipinski definition) is 5. The standard InChI is InChI=1S/C31H38BrN3O5S/c1-6-40-29-13-8-7-12-28(29)35(41(38,39)27-16-14-23(4)15-17-27)21-30(36)34(20-25-10-9-11-26(32)18-25)24(5)31(37)33-19-22(2)3/h7-18,22,24H,6,19-21H2,1-5H3,(H,33,37). The Hall–Kier alpha value is -3.37. The lowest BCUT2D eigenvalue weighted by atomic mass is 10.1. The van der Waals surface area contributed by atoms with E-state index in [4.69, 9.17) is 4.74 Å². The molecular weight excluding hydrogens is 606 g/mol. The first-order valence-electron chi connectivity index (χ1n) is 13.6. The molecule has 0 bridgehead atoms. The average Bonchev–Trinajstić information content (AvgIpc) is 2.93.